The van der Waals surface area contributed by atoms with Gasteiger partial charge in [-0.25, -0.2) is 0 Å². The van der Waals surface area contributed by atoms with E-state index in [1.165, 1.54) is 89.9 Å². The summed E-state index contributed by atoms with van der Waals surface area (Å²) in [6.45, 7) is 6.47. The molecular formula is C55H94O6. The molecule has 6 heteroatoms. The minimum atomic E-state index is -0.780. The zero-order valence-corrected chi connectivity index (χ0v) is 39.9. The fourth-order valence-corrected chi connectivity index (χ4v) is 6.92. The first-order valence-electron chi connectivity index (χ1n) is 25.4. The summed E-state index contributed by atoms with van der Waals surface area (Å²) in [6, 6.07) is 0. The van der Waals surface area contributed by atoms with Gasteiger partial charge < -0.3 is 14.2 Å². The summed E-state index contributed by atoms with van der Waals surface area (Å²) in [5.74, 6) is -0.909. The van der Waals surface area contributed by atoms with E-state index in [0.29, 0.717) is 19.3 Å². The van der Waals surface area contributed by atoms with E-state index in [0.717, 1.165) is 109 Å². The van der Waals surface area contributed by atoms with Gasteiger partial charge >= 0.3 is 17.9 Å². The summed E-state index contributed by atoms with van der Waals surface area (Å²) in [5, 5.41) is 0. The number of hydrogen-bond donors (Lipinski definition) is 0. The third-order valence-corrected chi connectivity index (χ3v) is 10.7. The van der Waals surface area contributed by atoms with Crippen LogP contribution in [0.15, 0.2) is 72.9 Å². The number of rotatable bonds is 45. The number of carbonyl (C=O) groups is 3. The molecule has 0 spiro atoms. The van der Waals surface area contributed by atoms with Crippen molar-refractivity contribution < 1.29 is 28.6 Å². The molecule has 0 aromatic heterocycles. The van der Waals surface area contributed by atoms with E-state index in [1.54, 1.807) is 0 Å². The van der Waals surface area contributed by atoms with Gasteiger partial charge in [-0.15, -0.1) is 0 Å². The van der Waals surface area contributed by atoms with Crippen molar-refractivity contribution >= 4 is 17.9 Å². The van der Waals surface area contributed by atoms with Gasteiger partial charge in [0.05, 0.1) is 0 Å². The Morgan fingerprint density at radius 2 is 0.639 bits per heavy atom. The van der Waals surface area contributed by atoms with Crippen LogP contribution in [0.4, 0.5) is 0 Å². The normalized spacial score (nSPS) is 12.6. The van der Waals surface area contributed by atoms with Crippen molar-refractivity contribution in [2.45, 2.75) is 245 Å². The Bertz CT molecular complexity index is 1160. The monoisotopic (exact) mass is 851 g/mol. The molecule has 0 aromatic rings. The molecule has 1 atom stereocenters. The lowest BCUT2D eigenvalue weighted by molar-refractivity contribution is -0.167. The van der Waals surface area contributed by atoms with Gasteiger partial charge in [-0.05, 0) is 70.6 Å². The smallest absolute Gasteiger partial charge is 0.306 e. The number of esters is 3. The molecule has 0 amide bonds. The minimum absolute atomic E-state index is 0.0812. The highest BCUT2D eigenvalue weighted by Gasteiger charge is 2.19. The second-order valence-corrected chi connectivity index (χ2v) is 16.7. The molecule has 0 fully saturated rings. The largest absolute Gasteiger partial charge is 0.462 e. The number of allylic oxidation sites excluding steroid dienone is 12. The standard InChI is InChI=1S/C55H94O6/c1-4-7-10-13-16-19-21-22-23-24-25-26-27-28-29-30-31-32-34-36-39-42-45-48-54(57)60-51-52(50-59-53(56)47-44-41-38-35-18-15-12-9-6-3)61-55(58)49-46-43-40-37-33-20-17-14-11-8-5-2/h7,10,16,19,22-23,25-26,28-29,31-32,52H,4-6,8-9,11-15,17-18,20-21,24,27,30,33-51H2,1-3H3/b10-7-,19-16-,23-22-,26-25-,29-28-,32-31-. The average molecular weight is 851 g/mol. The molecule has 0 aliphatic rings. The van der Waals surface area contributed by atoms with Gasteiger partial charge in [0.15, 0.2) is 6.10 Å². The van der Waals surface area contributed by atoms with E-state index in [2.05, 4.69) is 93.7 Å². The maximum atomic E-state index is 12.7. The lowest BCUT2D eigenvalue weighted by Crippen LogP contribution is -2.30. The molecule has 0 saturated carbocycles. The molecule has 0 N–H and O–H groups in total. The van der Waals surface area contributed by atoms with Gasteiger partial charge in [-0.1, -0.05) is 222 Å². The van der Waals surface area contributed by atoms with Crippen LogP contribution in [0, 0.1) is 0 Å². The molecule has 0 heterocycles. The first kappa shape index (κ1) is 57.9. The molecule has 0 aliphatic heterocycles. The van der Waals surface area contributed by atoms with Crippen LogP contribution in [0.2, 0.25) is 0 Å². The molecule has 61 heavy (non-hydrogen) atoms. The molecule has 0 bridgehead atoms. The van der Waals surface area contributed by atoms with Crippen molar-refractivity contribution in [3.05, 3.63) is 72.9 Å². The van der Waals surface area contributed by atoms with Gasteiger partial charge in [-0.3, -0.25) is 14.4 Å². The first-order chi connectivity index (χ1) is 30.0. The van der Waals surface area contributed by atoms with Crippen molar-refractivity contribution in [3.8, 4) is 0 Å². The van der Waals surface area contributed by atoms with Gasteiger partial charge in [0.25, 0.3) is 0 Å². The minimum Gasteiger partial charge on any atom is -0.462 e. The molecule has 0 radical (unpaired) electrons. The maximum Gasteiger partial charge on any atom is 0.306 e. The van der Waals surface area contributed by atoms with Crippen LogP contribution in [-0.2, 0) is 28.6 Å². The molecule has 0 saturated heterocycles. The van der Waals surface area contributed by atoms with Crippen molar-refractivity contribution in [2.75, 3.05) is 13.2 Å². The van der Waals surface area contributed by atoms with Crippen molar-refractivity contribution in [2.24, 2.45) is 0 Å². The molecule has 350 valence electrons. The Morgan fingerprint density at radius 1 is 0.344 bits per heavy atom. The zero-order valence-electron chi connectivity index (χ0n) is 39.9. The predicted octanol–water partition coefficient (Wildman–Crippen LogP) is 16.6. The van der Waals surface area contributed by atoms with Crippen molar-refractivity contribution in [3.63, 3.8) is 0 Å². The van der Waals surface area contributed by atoms with E-state index in [4.69, 9.17) is 14.2 Å². The van der Waals surface area contributed by atoms with Crippen LogP contribution in [0.3, 0.4) is 0 Å². The van der Waals surface area contributed by atoms with Crippen LogP contribution in [0.25, 0.3) is 0 Å². The van der Waals surface area contributed by atoms with Gasteiger partial charge in [0.1, 0.15) is 13.2 Å². The van der Waals surface area contributed by atoms with Crippen LogP contribution >= 0.6 is 0 Å². The van der Waals surface area contributed by atoms with Crippen molar-refractivity contribution in [1.29, 1.82) is 0 Å². The summed E-state index contributed by atoms with van der Waals surface area (Å²) < 4.78 is 16.7. The first-order valence-corrected chi connectivity index (χ1v) is 25.4. The molecular weight excluding hydrogens is 757 g/mol. The van der Waals surface area contributed by atoms with E-state index in [9.17, 15) is 14.4 Å². The second kappa shape index (κ2) is 49.5. The van der Waals surface area contributed by atoms with E-state index < -0.39 is 6.10 Å². The van der Waals surface area contributed by atoms with Crippen molar-refractivity contribution in [1.82, 2.24) is 0 Å². The number of unbranched alkanes of at least 4 members (excludes halogenated alkanes) is 22. The number of ether oxygens (including phenoxy) is 3. The molecule has 0 aliphatic carbocycles. The highest BCUT2D eigenvalue weighted by molar-refractivity contribution is 5.71. The second-order valence-electron chi connectivity index (χ2n) is 16.7. The third-order valence-electron chi connectivity index (χ3n) is 10.7. The zero-order chi connectivity index (χ0) is 44.4. The lowest BCUT2D eigenvalue weighted by Gasteiger charge is -2.18. The summed E-state index contributed by atoms with van der Waals surface area (Å²) in [6.07, 6.45) is 61.8. The highest BCUT2D eigenvalue weighted by atomic mass is 16.6. The Kier molecular flexibility index (Phi) is 46.9. The molecule has 1 unspecified atom stereocenters. The summed E-state index contributed by atoms with van der Waals surface area (Å²) in [7, 11) is 0. The average Bonchev–Trinajstić information content (AvgIpc) is 3.26. The summed E-state index contributed by atoms with van der Waals surface area (Å²) in [5.41, 5.74) is 0. The Labute approximate surface area is 376 Å². The maximum absolute atomic E-state index is 12.7. The van der Waals surface area contributed by atoms with Crippen LogP contribution < -0.4 is 0 Å². The van der Waals surface area contributed by atoms with E-state index >= 15 is 0 Å². The SMILES string of the molecule is CC/C=C\C/C=C\C/C=C\C/C=C\C/C=C\C/C=C\CCCCCCC(=O)OCC(COC(=O)CCCCCCCCCCC)OC(=O)CCCCCCCCCCCCC. The molecule has 6 nitrogen and oxygen atoms in total. The fraction of sp³-hybridized carbons (Fsp3) is 0.727. The number of carbonyl (C=O) groups excluding carboxylic acids is 3. The quantitative estimate of drug-likeness (QED) is 0.0263. The lowest BCUT2D eigenvalue weighted by atomic mass is 10.1. The van der Waals surface area contributed by atoms with Gasteiger partial charge in [-0.2, -0.15) is 0 Å². The van der Waals surface area contributed by atoms with Crippen LogP contribution in [-0.4, -0.2) is 37.2 Å². The Morgan fingerprint density at radius 3 is 1.00 bits per heavy atom. The van der Waals surface area contributed by atoms with E-state index in [-0.39, 0.29) is 31.1 Å². The van der Waals surface area contributed by atoms with Gasteiger partial charge in [0.2, 0.25) is 0 Å². The van der Waals surface area contributed by atoms with Crippen LogP contribution in [0.5, 0.6) is 0 Å². The number of hydrogen-bond acceptors (Lipinski definition) is 6. The summed E-state index contributed by atoms with van der Waals surface area (Å²) in [4.78, 5) is 37.8. The van der Waals surface area contributed by atoms with Gasteiger partial charge in [0, 0.05) is 19.3 Å². The van der Waals surface area contributed by atoms with E-state index in [1.807, 2.05) is 0 Å². The fourth-order valence-electron chi connectivity index (χ4n) is 6.92. The predicted molar refractivity (Wildman–Crippen MR) is 261 cm³/mol. The third kappa shape index (κ3) is 47.7. The Hall–Kier alpha value is -3.15. The summed E-state index contributed by atoms with van der Waals surface area (Å²) >= 11 is 0. The molecule has 0 rings (SSSR count). The Balaban J connectivity index is 4.31. The topological polar surface area (TPSA) is 78.9 Å². The highest BCUT2D eigenvalue weighted by Crippen LogP contribution is 2.14. The molecule has 0 aromatic carbocycles. The van der Waals surface area contributed by atoms with Crippen LogP contribution in [0.1, 0.15) is 239 Å².